The highest BCUT2D eigenvalue weighted by Gasteiger charge is 2.24. The van der Waals surface area contributed by atoms with E-state index in [1.165, 1.54) is 0 Å². The molecule has 4 nitrogen and oxygen atoms in total. The van der Waals surface area contributed by atoms with Gasteiger partial charge < -0.3 is 9.13 Å². The number of hydrogen-bond donors (Lipinski definition) is 0. The molecule has 0 bridgehead atoms. The van der Waals surface area contributed by atoms with Crippen LogP contribution in [0.2, 0.25) is 0 Å². The molecule has 0 saturated heterocycles. The molecule has 3 aromatic heterocycles. The highest BCUT2D eigenvalue weighted by molar-refractivity contribution is 6.14. The maximum absolute atomic E-state index is 12.0. The lowest BCUT2D eigenvalue weighted by molar-refractivity contribution is 1.12. The van der Waals surface area contributed by atoms with E-state index in [9.17, 15) is 5.26 Å². The van der Waals surface area contributed by atoms with Gasteiger partial charge >= 0.3 is 0 Å². The van der Waals surface area contributed by atoms with Crippen LogP contribution in [0.4, 0.5) is 0 Å². The van der Waals surface area contributed by atoms with Gasteiger partial charge in [-0.2, -0.15) is 5.26 Å². The lowest BCUT2D eigenvalue weighted by atomic mass is 9.97. The average Bonchev–Trinajstić information content (AvgIpc) is 4.02. The third-order valence-electron chi connectivity index (χ3n) is 15.0. The summed E-state index contributed by atoms with van der Waals surface area (Å²) in [4.78, 5) is 5.53. The average molecular weight is 967 g/mol. The van der Waals surface area contributed by atoms with Gasteiger partial charge in [-0.3, -0.25) is 0 Å². The van der Waals surface area contributed by atoms with E-state index in [-0.39, 0.29) is 0 Å². The zero-order valence-corrected chi connectivity index (χ0v) is 41.3. The third kappa shape index (κ3) is 7.66. The molecular weight excluding hydrogens is 921 g/mol. The Labute approximate surface area is 440 Å². The molecule has 0 aliphatic rings. The number of benzene rings is 11. The minimum atomic E-state index is 0.547. The summed E-state index contributed by atoms with van der Waals surface area (Å²) in [5.41, 5.74) is 21.0. The molecule has 76 heavy (non-hydrogen) atoms. The van der Waals surface area contributed by atoms with Gasteiger partial charge in [0.15, 0.2) is 0 Å². The summed E-state index contributed by atoms with van der Waals surface area (Å²) in [5.74, 6) is 0. The largest absolute Gasteiger partial charge is 0.308 e. The fraction of sp³-hybridized carbons (Fsp3) is 0. The maximum Gasteiger partial charge on any atom is 0.104 e. The van der Waals surface area contributed by atoms with Gasteiger partial charge in [0.1, 0.15) is 11.6 Å². The van der Waals surface area contributed by atoms with Crippen molar-refractivity contribution < 1.29 is 0 Å². The zero-order valence-electron chi connectivity index (χ0n) is 41.3. The summed E-state index contributed by atoms with van der Waals surface area (Å²) in [6.45, 7) is 0. The number of hydrogen-bond acceptors (Lipinski definition) is 2. The smallest absolute Gasteiger partial charge is 0.104 e. The van der Waals surface area contributed by atoms with E-state index >= 15 is 0 Å². The van der Waals surface area contributed by atoms with Crippen LogP contribution in [0, 0.1) is 11.3 Å². The lowest BCUT2D eigenvalue weighted by Gasteiger charge is -2.19. The molecule has 0 fully saturated rings. The van der Waals surface area contributed by atoms with Gasteiger partial charge in [-0.1, -0.05) is 206 Å². The first kappa shape index (κ1) is 44.4. The number of aromatic nitrogens is 3. The van der Waals surface area contributed by atoms with Crippen molar-refractivity contribution >= 4 is 43.6 Å². The summed E-state index contributed by atoms with van der Waals surface area (Å²) in [6.07, 6.45) is 0. The van der Waals surface area contributed by atoms with Crippen LogP contribution in [-0.4, -0.2) is 14.1 Å². The summed E-state index contributed by atoms with van der Waals surface area (Å²) in [6, 6.07) is 102. The molecule has 0 aliphatic carbocycles. The predicted molar refractivity (Wildman–Crippen MR) is 316 cm³/mol. The molecular formula is C72H46N4. The SMILES string of the molecule is N#Cc1c(-n2c3ccc(-c4ccccc4)cc3c3cc(-c4ccccc4)ccc32)cc(-c2cccc(-c3ccccc3-c3ccccc3)n2)cc1-n1c2ccc(-c3ccccc3)cc2c2cc(-c3ccccc3)ccc21. The Morgan fingerprint density at radius 1 is 0.263 bits per heavy atom. The normalized spacial score (nSPS) is 11.4. The van der Waals surface area contributed by atoms with Crippen molar-refractivity contribution in [2.24, 2.45) is 0 Å². The first-order valence-electron chi connectivity index (χ1n) is 25.7. The van der Waals surface area contributed by atoms with Crippen molar-refractivity contribution in [1.29, 1.82) is 5.26 Å². The molecule has 0 radical (unpaired) electrons. The minimum Gasteiger partial charge on any atom is -0.308 e. The van der Waals surface area contributed by atoms with E-state index < -0.39 is 0 Å². The molecule has 4 heteroatoms. The van der Waals surface area contributed by atoms with E-state index in [4.69, 9.17) is 4.98 Å². The quantitative estimate of drug-likeness (QED) is 0.145. The van der Waals surface area contributed by atoms with E-state index in [2.05, 4.69) is 288 Å². The van der Waals surface area contributed by atoms with Crippen molar-refractivity contribution in [3.63, 3.8) is 0 Å². The van der Waals surface area contributed by atoms with Crippen LogP contribution >= 0.6 is 0 Å². The number of pyridine rings is 1. The van der Waals surface area contributed by atoms with E-state index in [0.29, 0.717) is 5.56 Å². The summed E-state index contributed by atoms with van der Waals surface area (Å²) in [5, 5.41) is 16.4. The summed E-state index contributed by atoms with van der Waals surface area (Å²) >= 11 is 0. The highest BCUT2D eigenvalue weighted by Crippen LogP contribution is 2.44. The molecule has 14 rings (SSSR count). The molecule has 354 valence electrons. The predicted octanol–water partition coefficient (Wildman–Crippen LogP) is 18.8. The lowest BCUT2D eigenvalue weighted by Crippen LogP contribution is -2.05. The fourth-order valence-electron chi connectivity index (χ4n) is 11.4. The van der Waals surface area contributed by atoms with Crippen LogP contribution in [0.15, 0.2) is 279 Å². The Bertz CT molecular complexity index is 4130. The minimum absolute atomic E-state index is 0.547. The second-order valence-electron chi connectivity index (χ2n) is 19.4. The molecule has 0 aliphatic heterocycles. The van der Waals surface area contributed by atoms with Crippen LogP contribution < -0.4 is 0 Å². The molecule has 3 heterocycles. The standard InChI is InChI=1S/C72H46N4/c73-47-64-71(75-67-37-33-53(48-19-6-1-7-20-48)41-60(67)61-42-54(34-38-68(61)75)49-21-8-2-9-22-49)45-57(65-31-18-32-66(74-65)59-30-17-16-29-58(59)52-27-14-5-15-28-52)46-72(64)76-69-39-35-55(50-23-10-3-11-24-50)43-62(69)63-44-56(36-40-70(63)76)51-25-12-4-13-26-51/h1-46H. The number of fused-ring (bicyclic) bond motifs is 6. The van der Waals surface area contributed by atoms with Crippen LogP contribution in [0.25, 0.3) is 133 Å². The van der Waals surface area contributed by atoms with Crippen molar-refractivity contribution in [1.82, 2.24) is 14.1 Å². The van der Waals surface area contributed by atoms with Gasteiger partial charge in [0.05, 0.1) is 44.8 Å². The second kappa shape index (κ2) is 18.6. The monoisotopic (exact) mass is 966 g/mol. The Hall–Kier alpha value is -10.3. The zero-order chi connectivity index (χ0) is 50.5. The molecule has 14 aromatic rings. The first-order valence-corrected chi connectivity index (χ1v) is 25.7. The van der Waals surface area contributed by atoms with Gasteiger partial charge in [-0.25, -0.2) is 4.98 Å². The molecule has 0 N–H and O–H groups in total. The van der Waals surface area contributed by atoms with Crippen LogP contribution in [0.5, 0.6) is 0 Å². The van der Waals surface area contributed by atoms with E-state index in [1.807, 2.05) is 6.07 Å². The van der Waals surface area contributed by atoms with Crippen molar-refractivity contribution in [3.05, 3.63) is 285 Å². The van der Waals surface area contributed by atoms with Crippen LogP contribution in [0.1, 0.15) is 5.56 Å². The van der Waals surface area contributed by atoms with Crippen LogP contribution in [0.3, 0.4) is 0 Å². The number of nitrogens with zero attached hydrogens (tertiary/aromatic N) is 4. The summed E-state index contributed by atoms with van der Waals surface area (Å²) < 4.78 is 4.62. The van der Waals surface area contributed by atoms with Crippen molar-refractivity contribution in [2.75, 3.05) is 0 Å². The van der Waals surface area contributed by atoms with Crippen molar-refractivity contribution in [2.45, 2.75) is 0 Å². The Balaban J connectivity index is 1.08. The van der Waals surface area contributed by atoms with Gasteiger partial charge in [-0.15, -0.1) is 0 Å². The Morgan fingerprint density at radius 2 is 0.592 bits per heavy atom. The van der Waals surface area contributed by atoms with Gasteiger partial charge in [0.25, 0.3) is 0 Å². The summed E-state index contributed by atoms with van der Waals surface area (Å²) in [7, 11) is 0. The molecule has 0 amide bonds. The molecule has 11 aromatic carbocycles. The molecule has 0 saturated carbocycles. The number of nitriles is 1. The van der Waals surface area contributed by atoms with Gasteiger partial charge in [-0.05, 0) is 128 Å². The third-order valence-corrected chi connectivity index (χ3v) is 15.0. The highest BCUT2D eigenvalue weighted by atomic mass is 15.0. The fourth-order valence-corrected chi connectivity index (χ4v) is 11.4. The molecule has 0 unspecified atom stereocenters. The van der Waals surface area contributed by atoms with Crippen LogP contribution in [-0.2, 0) is 0 Å². The topological polar surface area (TPSA) is 46.5 Å². The van der Waals surface area contributed by atoms with E-state index in [0.717, 1.165) is 133 Å². The second-order valence-corrected chi connectivity index (χ2v) is 19.4. The number of rotatable bonds is 9. The maximum atomic E-state index is 12.0. The molecule has 0 spiro atoms. The van der Waals surface area contributed by atoms with Gasteiger partial charge in [0.2, 0.25) is 0 Å². The Kier molecular flexibility index (Phi) is 10.9. The van der Waals surface area contributed by atoms with E-state index in [1.54, 1.807) is 0 Å². The molecule has 0 atom stereocenters. The Morgan fingerprint density at radius 3 is 0.961 bits per heavy atom. The first-order chi connectivity index (χ1) is 37.6. The van der Waals surface area contributed by atoms with Crippen molar-refractivity contribution in [3.8, 4) is 95.6 Å². The van der Waals surface area contributed by atoms with Gasteiger partial charge in [0, 0.05) is 32.7 Å².